The van der Waals surface area contributed by atoms with Crippen molar-refractivity contribution in [1.29, 1.82) is 0 Å². The van der Waals surface area contributed by atoms with Gasteiger partial charge in [0.05, 0.1) is 33.8 Å². The molecule has 0 spiro atoms. The van der Waals surface area contributed by atoms with Crippen molar-refractivity contribution in [3.05, 3.63) is 46.9 Å². The summed E-state index contributed by atoms with van der Waals surface area (Å²) in [7, 11) is -3.61. The summed E-state index contributed by atoms with van der Waals surface area (Å²) in [5, 5.41) is 8.90. The number of para-hydroxylation sites is 1. The van der Waals surface area contributed by atoms with Gasteiger partial charge in [0, 0.05) is 23.7 Å². The van der Waals surface area contributed by atoms with Crippen LogP contribution in [0.5, 0.6) is 5.75 Å². The largest absolute Gasteiger partial charge is 1.00 e. The first-order valence-corrected chi connectivity index (χ1v) is 13.4. The number of unbranched alkanes of at least 4 members (excludes halogenated alkanes) is 1. The van der Waals surface area contributed by atoms with Crippen molar-refractivity contribution in [3.8, 4) is 5.75 Å². The zero-order valence-electron chi connectivity index (χ0n) is 20.0. The van der Waals surface area contributed by atoms with Gasteiger partial charge in [-0.2, -0.15) is 0 Å². The maximum atomic E-state index is 13.7. The first-order valence-electron chi connectivity index (χ1n) is 10.9. The van der Waals surface area contributed by atoms with E-state index < -0.39 is 15.8 Å². The maximum Gasteiger partial charge on any atom is 1.00 e. The topological polar surface area (TPSA) is 114 Å². The van der Waals surface area contributed by atoms with E-state index in [0.717, 1.165) is 31.4 Å². The molecule has 182 valence electrons. The molecular weight excluding hydrogens is 533 g/mol. The number of rotatable bonds is 9. The zero-order chi connectivity index (χ0) is 23.4. The van der Waals surface area contributed by atoms with Gasteiger partial charge in [-0.3, -0.25) is 4.79 Å². The SMILES string of the molecule is CCCCC1(CC)CN(c2ccccc2)c2cc(Br)c(OCCC(=O)O)cc2S(=O)(=O)C1.[Na+].[OH-]. The second-order valence-corrected chi connectivity index (χ2v) is 11.2. The Hall–Kier alpha value is -1.10. The Morgan fingerprint density at radius 2 is 1.88 bits per heavy atom. The molecule has 34 heavy (non-hydrogen) atoms. The quantitative estimate of drug-likeness (QED) is 0.466. The van der Waals surface area contributed by atoms with E-state index in [9.17, 15) is 13.2 Å². The molecule has 0 fully saturated rings. The minimum Gasteiger partial charge on any atom is -0.870 e. The number of benzene rings is 2. The number of carboxylic acids is 1. The van der Waals surface area contributed by atoms with Crippen LogP contribution in [0.2, 0.25) is 0 Å². The van der Waals surface area contributed by atoms with Crippen LogP contribution in [0.3, 0.4) is 0 Å². The fraction of sp³-hybridized carbons (Fsp3) is 0.458. The van der Waals surface area contributed by atoms with Gasteiger partial charge < -0.3 is 20.2 Å². The molecule has 3 rings (SSSR count). The number of carbonyl (C=O) groups is 1. The second-order valence-electron chi connectivity index (χ2n) is 8.38. The van der Waals surface area contributed by atoms with E-state index in [4.69, 9.17) is 9.84 Å². The van der Waals surface area contributed by atoms with E-state index in [0.29, 0.717) is 22.5 Å². The van der Waals surface area contributed by atoms with Crippen LogP contribution in [-0.4, -0.2) is 43.9 Å². The number of anilines is 2. The summed E-state index contributed by atoms with van der Waals surface area (Å²) in [6.45, 7) is 4.76. The first-order chi connectivity index (χ1) is 15.2. The summed E-state index contributed by atoms with van der Waals surface area (Å²) < 4.78 is 33.5. The molecule has 0 saturated heterocycles. The average Bonchev–Trinajstić information content (AvgIpc) is 2.85. The van der Waals surface area contributed by atoms with Crippen LogP contribution in [-0.2, 0) is 14.6 Å². The van der Waals surface area contributed by atoms with Crippen LogP contribution in [0, 0.1) is 5.41 Å². The number of ether oxygens (including phenoxy) is 1. The molecule has 2 aromatic carbocycles. The minimum absolute atomic E-state index is 0. The number of hydrogen-bond acceptors (Lipinski definition) is 6. The normalized spacial score (nSPS) is 18.6. The maximum absolute atomic E-state index is 13.7. The van der Waals surface area contributed by atoms with Gasteiger partial charge in [-0.15, -0.1) is 0 Å². The van der Waals surface area contributed by atoms with Crippen LogP contribution in [0.4, 0.5) is 11.4 Å². The summed E-state index contributed by atoms with van der Waals surface area (Å²) in [5.41, 5.74) is 1.17. The molecule has 7 nitrogen and oxygen atoms in total. The number of sulfone groups is 1. The van der Waals surface area contributed by atoms with Gasteiger partial charge >= 0.3 is 35.5 Å². The van der Waals surface area contributed by atoms with Gasteiger partial charge in [-0.05, 0) is 47.0 Å². The third-order valence-electron chi connectivity index (χ3n) is 6.08. The molecule has 1 unspecified atom stereocenters. The molecule has 1 heterocycles. The van der Waals surface area contributed by atoms with E-state index in [1.165, 1.54) is 6.07 Å². The standard InChI is InChI=1S/C24H30BrNO5S.Na.H2O/c1-3-5-12-24(4-2)16-26(18-9-7-6-8-10-18)20-14-19(25)21(31-13-11-23(27)28)15-22(20)32(29,30)17-24;;/h6-10,14-15H,3-5,11-13,16-17H2,1-2H3,(H,27,28);;1H2/q;+1;/p-1. The van der Waals surface area contributed by atoms with Gasteiger partial charge in [0.25, 0.3) is 0 Å². The Bertz CT molecular complexity index is 1070. The van der Waals surface area contributed by atoms with E-state index in [1.807, 2.05) is 30.3 Å². The average molecular weight is 564 g/mol. The third kappa shape index (κ3) is 7.21. The first kappa shape index (κ1) is 30.9. The van der Waals surface area contributed by atoms with Gasteiger partial charge in [-0.1, -0.05) is 44.9 Å². The third-order valence-corrected chi connectivity index (χ3v) is 8.69. The van der Waals surface area contributed by atoms with Gasteiger partial charge in [0.1, 0.15) is 5.75 Å². The fourth-order valence-electron chi connectivity index (χ4n) is 4.22. The molecule has 10 heteroatoms. The molecule has 0 radical (unpaired) electrons. The van der Waals surface area contributed by atoms with Crippen LogP contribution >= 0.6 is 15.9 Å². The molecular formula is C24H31BrNNaO6S. The Morgan fingerprint density at radius 1 is 1.21 bits per heavy atom. The van der Waals surface area contributed by atoms with Gasteiger partial charge in [-0.25, -0.2) is 8.42 Å². The van der Waals surface area contributed by atoms with E-state index in [2.05, 4.69) is 34.7 Å². The van der Waals surface area contributed by atoms with Crippen molar-refractivity contribution in [2.45, 2.75) is 50.8 Å². The van der Waals surface area contributed by atoms with Crippen molar-refractivity contribution in [2.75, 3.05) is 23.8 Å². The van der Waals surface area contributed by atoms with Gasteiger partial charge in [0.2, 0.25) is 0 Å². The number of carboxylic acid groups (broad SMARTS) is 1. The molecule has 0 aliphatic carbocycles. The van der Waals surface area contributed by atoms with Crippen LogP contribution in [0.25, 0.3) is 0 Å². The van der Waals surface area contributed by atoms with E-state index >= 15 is 0 Å². The predicted molar refractivity (Wildman–Crippen MR) is 132 cm³/mol. The molecule has 2 aromatic rings. The number of hydrogen-bond donors (Lipinski definition) is 1. The van der Waals surface area contributed by atoms with Crippen molar-refractivity contribution in [1.82, 2.24) is 0 Å². The van der Waals surface area contributed by atoms with E-state index in [-0.39, 0.29) is 64.1 Å². The van der Waals surface area contributed by atoms with Crippen molar-refractivity contribution >= 4 is 43.1 Å². The Kier molecular flexibility index (Phi) is 12.1. The Labute approximate surface area is 232 Å². The van der Waals surface area contributed by atoms with Crippen molar-refractivity contribution in [2.24, 2.45) is 5.41 Å². The zero-order valence-corrected chi connectivity index (χ0v) is 24.4. The Morgan fingerprint density at radius 3 is 2.47 bits per heavy atom. The van der Waals surface area contributed by atoms with E-state index in [1.54, 1.807) is 6.07 Å². The van der Waals surface area contributed by atoms with Crippen molar-refractivity contribution in [3.63, 3.8) is 0 Å². The summed E-state index contributed by atoms with van der Waals surface area (Å²) >= 11 is 3.50. The van der Waals surface area contributed by atoms with Crippen LogP contribution in [0.1, 0.15) is 46.0 Å². The number of fused-ring (bicyclic) bond motifs is 1. The number of halogens is 1. The summed E-state index contributed by atoms with van der Waals surface area (Å²) in [6, 6.07) is 13.2. The predicted octanol–water partition coefficient (Wildman–Crippen LogP) is 2.64. The molecule has 1 aliphatic rings. The van der Waals surface area contributed by atoms with Crippen LogP contribution in [0.15, 0.2) is 51.8 Å². The van der Waals surface area contributed by atoms with Gasteiger partial charge in [0.15, 0.2) is 9.84 Å². The fourth-order valence-corrected chi connectivity index (χ4v) is 6.84. The molecule has 0 saturated carbocycles. The molecule has 0 bridgehead atoms. The Balaban J connectivity index is 0.00000289. The molecule has 2 N–H and O–H groups in total. The minimum atomic E-state index is -3.61. The summed E-state index contributed by atoms with van der Waals surface area (Å²) in [5.74, 6) is -0.565. The monoisotopic (exact) mass is 563 g/mol. The van der Waals surface area contributed by atoms with Crippen LogP contribution < -0.4 is 39.2 Å². The number of aliphatic carboxylic acids is 1. The molecule has 1 atom stereocenters. The van der Waals surface area contributed by atoms with Crippen molar-refractivity contribution < 1.29 is 58.1 Å². The summed E-state index contributed by atoms with van der Waals surface area (Å²) in [4.78, 5) is 13.2. The number of nitrogens with zero attached hydrogens (tertiary/aromatic N) is 1. The molecule has 0 aromatic heterocycles. The second kappa shape index (κ2) is 13.3. The molecule has 1 aliphatic heterocycles. The molecule has 0 amide bonds. The summed E-state index contributed by atoms with van der Waals surface area (Å²) in [6.07, 6.45) is 3.40. The smallest absolute Gasteiger partial charge is 0.870 e.